The van der Waals surface area contributed by atoms with Crippen molar-refractivity contribution in [3.05, 3.63) is 36.2 Å². The van der Waals surface area contributed by atoms with E-state index < -0.39 is 0 Å². The fourth-order valence-electron chi connectivity index (χ4n) is 2.35. The maximum absolute atomic E-state index is 9.43. The molecule has 0 atom stereocenters. The minimum absolute atomic E-state index is 0.131. The predicted octanol–water partition coefficient (Wildman–Crippen LogP) is 0.667. The van der Waals surface area contributed by atoms with Crippen LogP contribution in [0.2, 0.25) is 0 Å². The Morgan fingerprint density at radius 3 is 2.68 bits per heavy atom. The number of aliphatic hydroxyl groups excluding tert-OH is 1. The second kappa shape index (κ2) is 5.07. The molecule has 0 bridgehead atoms. The third-order valence-corrected chi connectivity index (χ3v) is 3.77. The molecular weight excluding hydrogens is 242 g/mol. The van der Waals surface area contributed by atoms with E-state index >= 15 is 0 Å². The summed E-state index contributed by atoms with van der Waals surface area (Å²) in [5.41, 5.74) is 0.809. The number of nitrogens with one attached hydrogen (secondary N) is 1. The molecule has 19 heavy (non-hydrogen) atoms. The van der Waals surface area contributed by atoms with E-state index in [0.29, 0.717) is 6.54 Å². The highest BCUT2D eigenvalue weighted by Gasteiger charge is 2.35. The quantitative estimate of drug-likeness (QED) is 0.825. The average Bonchev–Trinajstić information content (AvgIpc) is 2.87. The lowest BCUT2D eigenvalue weighted by atomic mass is 9.77. The second-order valence-electron chi connectivity index (χ2n) is 4.99. The van der Waals surface area contributed by atoms with Crippen LogP contribution in [0.4, 0.5) is 0 Å². The molecule has 1 aromatic heterocycles. The molecule has 1 saturated carbocycles. The van der Waals surface area contributed by atoms with Crippen LogP contribution in [0, 0.1) is 0 Å². The highest BCUT2D eigenvalue weighted by molar-refractivity contribution is 5.30. The van der Waals surface area contributed by atoms with Gasteiger partial charge in [0.15, 0.2) is 5.82 Å². The summed E-state index contributed by atoms with van der Waals surface area (Å²) >= 11 is 0. The molecule has 6 nitrogen and oxygen atoms in total. The van der Waals surface area contributed by atoms with Crippen LogP contribution < -0.4 is 5.32 Å². The summed E-state index contributed by atoms with van der Waals surface area (Å²) in [4.78, 5) is 0. The van der Waals surface area contributed by atoms with Gasteiger partial charge >= 0.3 is 0 Å². The van der Waals surface area contributed by atoms with Crippen LogP contribution in [-0.4, -0.2) is 37.5 Å². The molecular formula is C13H17N5O. The molecule has 1 aromatic carbocycles. The van der Waals surface area contributed by atoms with Crippen LogP contribution >= 0.6 is 0 Å². The molecule has 0 saturated heterocycles. The Kier molecular flexibility index (Phi) is 3.27. The first-order valence-corrected chi connectivity index (χ1v) is 6.52. The van der Waals surface area contributed by atoms with E-state index in [-0.39, 0.29) is 12.1 Å². The fourth-order valence-corrected chi connectivity index (χ4v) is 2.35. The van der Waals surface area contributed by atoms with Gasteiger partial charge in [-0.25, -0.2) is 0 Å². The smallest absolute Gasteiger partial charge is 0.170 e. The number of aliphatic hydroxyl groups is 1. The minimum atomic E-state index is -0.131. The Bertz CT molecular complexity index is 529. The number of aromatic nitrogens is 4. The van der Waals surface area contributed by atoms with Gasteiger partial charge in [0.25, 0.3) is 0 Å². The van der Waals surface area contributed by atoms with Gasteiger partial charge in [0.1, 0.15) is 0 Å². The van der Waals surface area contributed by atoms with Crippen LogP contribution in [0.5, 0.6) is 0 Å². The third-order valence-electron chi connectivity index (χ3n) is 3.77. The van der Waals surface area contributed by atoms with Crippen molar-refractivity contribution in [3.8, 4) is 5.69 Å². The van der Waals surface area contributed by atoms with E-state index in [4.69, 9.17) is 0 Å². The number of hydrogen-bond acceptors (Lipinski definition) is 5. The molecule has 1 fully saturated rings. The van der Waals surface area contributed by atoms with E-state index in [9.17, 15) is 5.11 Å². The molecule has 1 aliphatic carbocycles. The van der Waals surface area contributed by atoms with Gasteiger partial charge in [0, 0.05) is 5.54 Å². The molecule has 0 radical (unpaired) electrons. The molecule has 100 valence electrons. The normalized spacial score (nSPS) is 17.1. The van der Waals surface area contributed by atoms with Gasteiger partial charge in [-0.3, -0.25) is 0 Å². The van der Waals surface area contributed by atoms with Crippen molar-refractivity contribution in [2.45, 2.75) is 31.3 Å². The van der Waals surface area contributed by atoms with Crippen LogP contribution in [0.1, 0.15) is 25.1 Å². The van der Waals surface area contributed by atoms with Crippen LogP contribution in [0.3, 0.4) is 0 Å². The summed E-state index contributed by atoms with van der Waals surface area (Å²) in [6, 6.07) is 9.79. The van der Waals surface area contributed by atoms with Crippen LogP contribution in [-0.2, 0) is 6.54 Å². The molecule has 0 amide bonds. The maximum Gasteiger partial charge on any atom is 0.170 e. The van der Waals surface area contributed by atoms with Gasteiger partial charge in [0.2, 0.25) is 0 Å². The number of tetrazole rings is 1. The van der Waals surface area contributed by atoms with E-state index in [1.54, 1.807) is 4.68 Å². The Labute approximate surface area is 111 Å². The number of benzene rings is 1. The summed E-state index contributed by atoms with van der Waals surface area (Å²) in [5.74, 6) is 0.755. The predicted molar refractivity (Wildman–Crippen MR) is 69.7 cm³/mol. The molecule has 3 rings (SSSR count). The third kappa shape index (κ3) is 2.36. The molecule has 1 heterocycles. The fraction of sp³-hybridized carbons (Fsp3) is 0.462. The number of para-hydroxylation sites is 1. The van der Waals surface area contributed by atoms with Crippen molar-refractivity contribution in [2.24, 2.45) is 0 Å². The first kappa shape index (κ1) is 12.3. The lowest BCUT2D eigenvalue weighted by molar-refractivity contribution is 0.0863. The van der Waals surface area contributed by atoms with E-state index in [0.717, 1.165) is 30.8 Å². The zero-order valence-corrected chi connectivity index (χ0v) is 10.7. The molecule has 0 spiro atoms. The van der Waals surface area contributed by atoms with Crippen molar-refractivity contribution in [3.63, 3.8) is 0 Å². The van der Waals surface area contributed by atoms with Crippen molar-refractivity contribution in [2.75, 3.05) is 6.61 Å². The van der Waals surface area contributed by atoms with Gasteiger partial charge < -0.3 is 10.4 Å². The van der Waals surface area contributed by atoms with Crippen molar-refractivity contribution >= 4 is 0 Å². The summed E-state index contributed by atoms with van der Waals surface area (Å²) in [6.45, 7) is 0.725. The minimum Gasteiger partial charge on any atom is -0.394 e. The molecule has 0 aliphatic heterocycles. The SMILES string of the molecule is OCC1(NCc2nnnn2-c2ccccc2)CCC1. The van der Waals surface area contributed by atoms with E-state index in [2.05, 4.69) is 20.8 Å². The summed E-state index contributed by atoms with van der Waals surface area (Å²) in [5, 5.41) is 24.6. The first-order chi connectivity index (χ1) is 9.33. The van der Waals surface area contributed by atoms with Crippen LogP contribution in [0.15, 0.2) is 30.3 Å². The average molecular weight is 259 g/mol. The Morgan fingerprint density at radius 1 is 1.26 bits per heavy atom. The Morgan fingerprint density at radius 2 is 2.05 bits per heavy atom. The van der Waals surface area contributed by atoms with Gasteiger partial charge in [0.05, 0.1) is 18.8 Å². The second-order valence-corrected chi connectivity index (χ2v) is 4.99. The Balaban J connectivity index is 1.74. The number of hydrogen-bond donors (Lipinski definition) is 2. The zero-order chi connectivity index (χ0) is 13.1. The largest absolute Gasteiger partial charge is 0.394 e. The van der Waals surface area contributed by atoms with Crippen molar-refractivity contribution < 1.29 is 5.11 Å². The van der Waals surface area contributed by atoms with Gasteiger partial charge in [-0.05, 0) is 41.8 Å². The summed E-state index contributed by atoms with van der Waals surface area (Å²) in [7, 11) is 0. The van der Waals surface area contributed by atoms with Gasteiger partial charge in [-0.1, -0.05) is 18.2 Å². The Hall–Kier alpha value is -1.79. The van der Waals surface area contributed by atoms with Gasteiger partial charge in [-0.15, -0.1) is 5.10 Å². The topological polar surface area (TPSA) is 75.9 Å². The first-order valence-electron chi connectivity index (χ1n) is 6.52. The summed E-state index contributed by atoms with van der Waals surface area (Å²) < 4.78 is 1.72. The molecule has 1 aliphatic rings. The van der Waals surface area contributed by atoms with Gasteiger partial charge in [-0.2, -0.15) is 4.68 Å². The zero-order valence-electron chi connectivity index (χ0n) is 10.7. The number of nitrogens with zero attached hydrogens (tertiary/aromatic N) is 4. The van der Waals surface area contributed by atoms with Crippen molar-refractivity contribution in [1.82, 2.24) is 25.5 Å². The maximum atomic E-state index is 9.43. The van der Waals surface area contributed by atoms with E-state index in [1.165, 1.54) is 0 Å². The van der Waals surface area contributed by atoms with Crippen LogP contribution in [0.25, 0.3) is 5.69 Å². The van der Waals surface area contributed by atoms with Crippen molar-refractivity contribution in [1.29, 1.82) is 0 Å². The lowest BCUT2D eigenvalue weighted by Crippen LogP contribution is -2.53. The highest BCUT2D eigenvalue weighted by Crippen LogP contribution is 2.31. The molecule has 2 aromatic rings. The number of rotatable bonds is 5. The summed E-state index contributed by atoms with van der Waals surface area (Å²) in [6.07, 6.45) is 3.18. The molecule has 6 heteroatoms. The standard InChI is InChI=1S/C13H17N5O/c19-10-13(7-4-8-13)14-9-12-15-16-17-18(12)11-5-2-1-3-6-11/h1-3,5-6,14,19H,4,7-10H2. The van der Waals surface area contributed by atoms with E-state index in [1.807, 2.05) is 30.3 Å². The molecule has 2 N–H and O–H groups in total. The molecule has 0 unspecified atom stereocenters. The highest BCUT2D eigenvalue weighted by atomic mass is 16.3. The monoisotopic (exact) mass is 259 g/mol. The lowest BCUT2D eigenvalue weighted by Gasteiger charge is -2.41.